The molecule has 0 amide bonds. The average molecular weight is 365 g/mol. The minimum Gasteiger partial charge on any atom is -0.496 e. The molecule has 2 aromatic rings. The van der Waals surface area contributed by atoms with Crippen molar-refractivity contribution in [2.75, 3.05) is 13.7 Å². The second-order valence-corrected chi connectivity index (χ2v) is 6.19. The second kappa shape index (κ2) is 7.37. The van der Waals surface area contributed by atoms with Gasteiger partial charge in [0.05, 0.1) is 13.2 Å². The summed E-state index contributed by atoms with van der Waals surface area (Å²) in [6.45, 7) is 0.387. The van der Waals surface area contributed by atoms with Crippen molar-refractivity contribution in [2.24, 2.45) is 0 Å². The summed E-state index contributed by atoms with van der Waals surface area (Å²) in [6, 6.07) is 5.15. The van der Waals surface area contributed by atoms with Gasteiger partial charge in [-0.05, 0) is 37.1 Å². The van der Waals surface area contributed by atoms with E-state index in [1.54, 1.807) is 4.90 Å². The van der Waals surface area contributed by atoms with Crippen molar-refractivity contribution < 1.29 is 27.8 Å². The number of nitrogens with zero attached hydrogens (tertiary/aromatic N) is 1. The van der Waals surface area contributed by atoms with Gasteiger partial charge in [0.2, 0.25) is 0 Å². The third-order valence-electron chi connectivity index (χ3n) is 4.65. The summed E-state index contributed by atoms with van der Waals surface area (Å²) in [5.41, 5.74) is 0.370. The molecule has 2 unspecified atom stereocenters. The Morgan fingerprint density at radius 3 is 2.50 bits per heavy atom. The number of aliphatic carboxylic acids is 1. The molecule has 0 spiro atoms. The molecular weight excluding hydrogens is 347 g/mol. The van der Waals surface area contributed by atoms with Crippen LogP contribution < -0.4 is 4.74 Å². The van der Waals surface area contributed by atoms with Crippen LogP contribution in [0.3, 0.4) is 0 Å². The Labute approximate surface area is 148 Å². The lowest BCUT2D eigenvalue weighted by Gasteiger charge is -2.33. The summed E-state index contributed by atoms with van der Waals surface area (Å²) in [7, 11) is 1.40. The van der Waals surface area contributed by atoms with Crippen molar-refractivity contribution in [3.05, 3.63) is 65.0 Å². The molecule has 1 saturated heterocycles. The van der Waals surface area contributed by atoms with E-state index in [0.29, 0.717) is 30.7 Å². The molecular formula is C19H18F3NO3. The van der Waals surface area contributed by atoms with Gasteiger partial charge in [-0.3, -0.25) is 9.69 Å². The lowest BCUT2D eigenvalue weighted by Crippen LogP contribution is -2.39. The summed E-state index contributed by atoms with van der Waals surface area (Å²) < 4.78 is 47.1. The van der Waals surface area contributed by atoms with E-state index in [4.69, 9.17) is 4.74 Å². The fourth-order valence-electron chi connectivity index (χ4n) is 3.53. The molecule has 1 N–H and O–H groups in total. The van der Waals surface area contributed by atoms with Crippen LogP contribution in [0.1, 0.15) is 30.0 Å². The Bertz CT molecular complexity index is 828. The molecule has 138 valence electrons. The highest BCUT2D eigenvalue weighted by molar-refractivity contribution is 5.74. The minimum absolute atomic E-state index is 0.0726. The van der Waals surface area contributed by atoms with Gasteiger partial charge < -0.3 is 9.84 Å². The van der Waals surface area contributed by atoms with Crippen LogP contribution in [0.15, 0.2) is 36.4 Å². The first-order chi connectivity index (χ1) is 12.4. The molecule has 1 heterocycles. The first-order valence-electron chi connectivity index (χ1n) is 8.19. The molecule has 1 fully saturated rings. The number of carboxylic acid groups (broad SMARTS) is 1. The number of likely N-dealkylation sites (tertiary alicyclic amines) is 1. The van der Waals surface area contributed by atoms with Crippen LogP contribution >= 0.6 is 0 Å². The molecule has 0 aromatic heterocycles. The van der Waals surface area contributed by atoms with Crippen LogP contribution in [-0.2, 0) is 4.79 Å². The van der Waals surface area contributed by atoms with E-state index < -0.39 is 35.5 Å². The smallest absolute Gasteiger partial charge is 0.320 e. The van der Waals surface area contributed by atoms with Crippen LogP contribution in [0.4, 0.5) is 13.2 Å². The minimum atomic E-state index is -1.04. The maximum atomic E-state index is 14.6. The maximum Gasteiger partial charge on any atom is 0.320 e. The lowest BCUT2D eigenvalue weighted by molar-refractivity contribution is -0.142. The van der Waals surface area contributed by atoms with Crippen molar-refractivity contribution in [2.45, 2.75) is 24.9 Å². The number of halogens is 3. The van der Waals surface area contributed by atoms with E-state index >= 15 is 0 Å². The Morgan fingerprint density at radius 1 is 1.15 bits per heavy atom. The van der Waals surface area contributed by atoms with Gasteiger partial charge in [-0.2, -0.15) is 0 Å². The molecule has 7 heteroatoms. The molecule has 2 atom stereocenters. The van der Waals surface area contributed by atoms with Gasteiger partial charge in [0, 0.05) is 23.7 Å². The SMILES string of the molecule is COc1ccc(F)cc1C(c1ccc(F)cc1F)N1CCCC1C(=O)O. The van der Waals surface area contributed by atoms with E-state index in [0.717, 1.165) is 12.1 Å². The Balaban J connectivity index is 2.20. The first kappa shape index (κ1) is 18.3. The molecule has 0 radical (unpaired) electrons. The van der Waals surface area contributed by atoms with E-state index in [1.807, 2.05) is 0 Å². The largest absolute Gasteiger partial charge is 0.496 e. The zero-order valence-corrected chi connectivity index (χ0v) is 14.1. The highest BCUT2D eigenvalue weighted by Crippen LogP contribution is 2.40. The predicted molar refractivity (Wildman–Crippen MR) is 88.5 cm³/mol. The molecule has 1 aliphatic heterocycles. The molecule has 0 saturated carbocycles. The average Bonchev–Trinajstić information content (AvgIpc) is 3.07. The fourth-order valence-corrected chi connectivity index (χ4v) is 3.53. The van der Waals surface area contributed by atoms with E-state index in [-0.39, 0.29) is 5.56 Å². The fraction of sp³-hybridized carbons (Fsp3) is 0.316. The van der Waals surface area contributed by atoms with Crippen molar-refractivity contribution in [3.8, 4) is 5.75 Å². The second-order valence-electron chi connectivity index (χ2n) is 6.19. The standard InChI is InChI=1S/C19H18F3NO3/c1-26-17-7-5-11(20)9-14(17)18(13-6-4-12(21)10-15(13)22)23-8-2-3-16(23)19(24)25/h4-7,9-10,16,18H,2-3,8H2,1H3,(H,24,25). The zero-order chi connectivity index (χ0) is 18.8. The molecule has 3 rings (SSSR count). The van der Waals surface area contributed by atoms with E-state index in [2.05, 4.69) is 0 Å². The van der Waals surface area contributed by atoms with Crippen molar-refractivity contribution in [3.63, 3.8) is 0 Å². The maximum absolute atomic E-state index is 14.6. The molecule has 2 aromatic carbocycles. The molecule has 1 aliphatic rings. The number of rotatable bonds is 5. The first-order valence-corrected chi connectivity index (χ1v) is 8.19. The summed E-state index contributed by atoms with van der Waals surface area (Å²) in [5, 5.41) is 9.52. The summed E-state index contributed by atoms with van der Waals surface area (Å²) in [5.74, 6) is -2.86. The van der Waals surface area contributed by atoms with Crippen molar-refractivity contribution in [1.29, 1.82) is 0 Å². The van der Waals surface area contributed by atoms with Gasteiger partial charge in [0.1, 0.15) is 29.2 Å². The Hall–Kier alpha value is -2.54. The van der Waals surface area contributed by atoms with Gasteiger partial charge in [-0.1, -0.05) is 6.07 Å². The third-order valence-corrected chi connectivity index (χ3v) is 4.65. The Morgan fingerprint density at radius 2 is 1.85 bits per heavy atom. The van der Waals surface area contributed by atoms with Gasteiger partial charge >= 0.3 is 5.97 Å². The summed E-state index contributed by atoms with van der Waals surface area (Å²) >= 11 is 0. The van der Waals surface area contributed by atoms with Crippen molar-refractivity contribution in [1.82, 2.24) is 4.90 Å². The topological polar surface area (TPSA) is 49.8 Å². The van der Waals surface area contributed by atoms with Gasteiger partial charge in [-0.15, -0.1) is 0 Å². The van der Waals surface area contributed by atoms with Gasteiger partial charge in [0.25, 0.3) is 0 Å². The normalized spacial score (nSPS) is 18.7. The number of ether oxygens (including phenoxy) is 1. The quantitative estimate of drug-likeness (QED) is 0.877. The van der Waals surface area contributed by atoms with Crippen LogP contribution in [0, 0.1) is 17.5 Å². The molecule has 26 heavy (non-hydrogen) atoms. The van der Waals surface area contributed by atoms with Crippen LogP contribution in [-0.4, -0.2) is 35.7 Å². The number of carboxylic acids is 1. The highest BCUT2D eigenvalue weighted by Gasteiger charge is 2.39. The monoisotopic (exact) mass is 365 g/mol. The number of benzene rings is 2. The zero-order valence-electron chi connectivity index (χ0n) is 14.1. The van der Waals surface area contributed by atoms with Crippen LogP contribution in [0.2, 0.25) is 0 Å². The van der Waals surface area contributed by atoms with Gasteiger partial charge in [-0.25, -0.2) is 13.2 Å². The Kier molecular flexibility index (Phi) is 5.18. The third kappa shape index (κ3) is 3.39. The number of hydrogen-bond acceptors (Lipinski definition) is 3. The lowest BCUT2D eigenvalue weighted by atomic mass is 9.94. The van der Waals surface area contributed by atoms with Gasteiger partial charge in [0.15, 0.2) is 0 Å². The summed E-state index contributed by atoms with van der Waals surface area (Å²) in [6.07, 6.45) is 1.00. The number of hydrogen-bond donors (Lipinski definition) is 1. The summed E-state index contributed by atoms with van der Waals surface area (Å²) in [4.78, 5) is 13.2. The predicted octanol–water partition coefficient (Wildman–Crippen LogP) is 3.75. The molecule has 0 aliphatic carbocycles. The van der Waals surface area contributed by atoms with Crippen LogP contribution in [0.5, 0.6) is 5.75 Å². The number of carbonyl (C=O) groups is 1. The van der Waals surface area contributed by atoms with E-state index in [9.17, 15) is 23.1 Å². The van der Waals surface area contributed by atoms with E-state index in [1.165, 1.54) is 31.4 Å². The van der Waals surface area contributed by atoms with Crippen molar-refractivity contribution >= 4 is 5.97 Å². The number of methoxy groups -OCH3 is 1. The molecule has 0 bridgehead atoms. The highest BCUT2D eigenvalue weighted by atomic mass is 19.1. The van der Waals surface area contributed by atoms with Crippen LogP contribution in [0.25, 0.3) is 0 Å². The molecule has 4 nitrogen and oxygen atoms in total.